The molecule has 0 atom stereocenters. The summed E-state index contributed by atoms with van der Waals surface area (Å²) in [6.07, 6.45) is 1.48. The Kier molecular flexibility index (Phi) is 3.81. The van der Waals surface area contributed by atoms with Crippen molar-refractivity contribution in [3.8, 4) is 0 Å². The van der Waals surface area contributed by atoms with Gasteiger partial charge in [0, 0.05) is 18.2 Å². The summed E-state index contributed by atoms with van der Waals surface area (Å²) in [4.78, 5) is 11.8. The second-order valence-electron chi connectivity index (χ2n) is 6.28. The number of hydrogen-bond acceptors (Lipinski definition) is 3. The standard InChI is InChI=1S/C20H17NO3S/c22-17-10-8-16-13-18(11-9-15(16)12-17)25(23,24)21-20-7-3-5-14-4-1-2-6-19(14)20/h1-7,9,11,13,21H,8,10,12H2. The quantitative estimate of drug-likeness (QED) is 0.782. The first-order chi connectivity index (χ1) is 12.0. The van der Waals surface area contributed by atoms with Crippen LogP contribution >= 0.6 is 0 Å². The Balaban J connectivity index is 1.71. The minimum absolute atomic E-state index is 0.206. The summed E-state index contributed by atoms with van der Waals surface area (Å²) < 4.78 is 28.3. The highest BCUT2D eigenvalue weighted by Gasteiger charge is 2.20. The molecule has 0 aliphatic heterocycles. The van der Waals surface area contributed by atoms with E-state index in [0.717, 1.165) is 21.9 Å². The van der Waals surface area contributed by atoms with Crippen molar-refractivity contribution in [1.29, 1.82) is 0 Å². The Labute approximate surface area is 146 Å². The number of nitrogens with one attached hydrogen (secondary N) is 1. The smallest absolute Gasteiger partial charge is 0.261 e. The van der Waals surface area contributed by atoms with Gasteiger partial charge in [0.15, 0.2) is 0 Å². The third-order valence-electron chi connectivity index (χ3n) is 4.58. The van der Waals surface area contributed by atoms with Crippen LogP contribution in [0, 0.1) is 0 Å². The fourth-order valence-corrected chi connectivity index (χ4v) is 4.40. The van der Waals surface area contributed by atoms with Crippen molar-refractivity contribution in [2.75, 3.05) is 4.72 Å². The minimum atomic E-state index is -3.69. The fourth-order valence-electron chi connectivity index (χ4n) is 3.27. The highest BCUT2D eigenvalue weighted by molar-refractivity contribution is 7.92. The largest absolute Gasteiger partial charge is 0.299 e. The highest BCUT2D eigenvalue weighted by Crippen LogP contribution is 2.27. The molecule has 0 bridgehead atoms. The van der Waals surface area contributed by atoms with Crippen LogP contribution < -0.4 is 4.72 Å². The molecule has 0 amide bonds. The molecule has 25 heavy (non-hydrogen) atoms. The zero-order valence-corrected chi connectivity index (χ0v) is 14.3. The van der Waals surface area contributed by atoms with E-state index >= 15 is 0 Å². The summed E-state index contributed by atoms with van der Waals surface area (Å²) in [5, 5.41) is 1.84. The van der Waals surface area contributed by atoms with Gasteiger partial charge < -0.3 is 0 Å². The average Bonchev–Trinajstić information content (AvgIpc) is 2.61. The molecule has 0 spiro atoms. The maximum Gasteiger partial charge on any atom is 0.261 e. The Morgan fingerprint density at radius 3 is 2.52 bits per heavy atom. The van der Waals surface area contributed by atoms with Crippen molar-refractivity contribution >= 4 is 32.3 Å². The number of aryl methyl sites for hydroxylation is 1. The summed E-state index contributed by atoms with van der Waals surface area (Å²) in [5.41, 5.74) is 2.44. The van der Waals surface area contributed by atoms with Crippen molar-refractivity contribution in [3.63, 3.8) is 0 Å². The zero-order valence-electron chi connectivity index (χ0n) is 13.5. The number of ketones is 1. The maximum absolute atomic E-state index is 12.8. The number of Topliss-reactive ketones (excluding diaryl/α,β-unsaturated/α-hetero) is 1. The number of rotatable bonds is 3. The predicted octanol–water partition coefficient (Wildman–Crippen LogP) is 3.70. The van der Waals surface area contributed by atoms with Crippen molar-refractivity contribution in [2.24, 2.45) is 0 Å². The molecule has 0 saturated carbocycles. The minimum Gasteiger partial charge on any atom is -0.299 e. The highest BCUT2D eigenvalue weighted by atomic mass is 32.2. The first-order valence-corrected chi connectivity index (χ1v) is 9.65. The van der Waals surface area contributed by atoms with Crippen LogP contribution in [0.3, 0.4) is 0 Å². The normalized spacial score (nSPS) is 14.3. The first-order valence-electron chi connectivity index (χ1n) is 8.17. The predicted molar refractivity (Wildman–Crippen MR) is 98.2 cm³/mol. The van der Waals surface area contributed by atoms with E-state index in [-0.39, 0.29) is 10.7 Å². The Hall–Kier alpha value is -2.66. The molecule has 4 rings (SSSR count). The molecule has 1 aliphatic rings. The van der Waals surface area contributed by atoms with Gasteiger partial charge in [0.2, 0.25) is 0 Å². The topological polar surface area (TPSA) is 63.2 Å². The Morgan fingerprint density at radius 1 is 0.840 bits per heavy atom. The molecule has 1 aliphatic carbocycles. The molecule has 5 heteroatoms. The molecule has 0 saturated heterocycles. The van der Waals surface area contributed by atoms with Crippen LogP contribution in [0.5, 0.6) is 0 Å². The molecule has 0 fully saturated rings. The number of benzene rings is 3. The van der Waals surface area contributed by atoms with Gasteiger partial charge in [-0.25, -0.2) is 8.42 Å². The number of hydrogen-bond donors (Lipinski definition) is 1. The summed E-state index contributed by atoms with van der Waals surface area (Å²) in [6, 6.07) is 18.2. The molecule has 0 radical (unpaired) electrons. The lowest BCUT2D eigenvalue weighted by Gasteiger charge is -2.17. The molecule has 0 heterocycles. The summed E-state index contributed by atoms with van der Waals surface area (Å²) in [5.74, 6) is 0.206. The summed E-state index contributed by atoms with van der Waals surface area (Å²) in [7, 11) is -3.69. The van der Waals surface area contributed by atoms with Gasteiger partial charge in [-0.05, 0) is 41.1 Å². The van der Waals surface area contributed by atoms with Gasteiger partial charge in [-0.15, -0.1) is 0 Å². The fraction of sp³-hybridized carbons (Fsp3) is 0.150. The van der Waals surface area contributed by atoms with E-state index in [4.69, 9.17) is 0 Å². The van der Waals surface area contributed by atoms with E-state index in [1.165, 1.54) is 0 Å². The first kappa shape index (κ1) is 15.8. The number of carbonyl (C=O) groups excluding carboxylic acids is 1. The van der Waals surface area contributed by atoms with Crippen molar-refractivity contribution in [3.05, 3.63) is 71.8 Å². The lowest BCUT2D eigenvalue weighted by molar-refractivity contribution is -0.118. The number of sulfonamides is 1. The van der Waals surface area contributed by atoms with E-state index in [9.17, 15) is 13.2 Å². The molecule has 126 valence electrons. The number of carbonyl (C=O) groups is 1. The summed E-state index contributed by atoms with van der Waals surface area (Å²) in [6.45, 7) is 0. The molecule has 4 nitrogen and oxygen atoms in total. The van der Waals surface area contributed by atoms with E-state index in [1.54, 1.807) is 24.3 Å². The lowest BCUT2D eigenvalue weighted by atomic mass is 9.91. The van der Waals surface area contributed by atoms with E-state index in [2.05, 4.69) is 4.72 Å². The van der Waals surface area contributed by atoms with Crippen LogP contribution in [0.15, 0.2) is 65.6 Å². The van der Waals surface area contributed by atoms with Crippen molar-refractivity contribution < 1.29 is 13.2 Å². The van der Waals surface area contributed by atoms with Crippen LogP contribution in [-0.4, -0.2) is 14.2 Å². The number of fused-ring (bicyclic) bond motifs is 2. The average molecular weight is 351 g/mol. The monoisotopic (exact) mass is 351 g/mol. The maximum atomic E-state index is 12.8. The van der Waals surface area contributed by atoms with Crippen LogP contribution in [0.25, 0.3) is 10.8 Å². The third-order valence-corrected chi connectivity index (χ3v) is 5.95. The van der Waals surface area contributed by atoms with Crippen molar-refractivity contribution in [1.82, 2.24) is 0 Å². The SMILES string of the molecule is O=C1CCc2cc(S(=O)(=O)Nc3cccc4ccccc34)ccc2C1. The van der Waals surface area contributed by atoms with Gasteiger partial charge in [-0.2, -0.15) is 0 Å². The molecule has 1 N–H and O–H groups in total. The third kappa shape index (κ3) is 3.03. The molecular formula is C20H17NO3S. The van der Waals surface area contributed by atoms with Gasteiger partial charge in [0.05, 0.1) is 10.6 Å². The Bertz CT molecular complexity index is 1080. The molecule has 3 aromatic carbocycles. The molecule has 3 aromatic rings. The van der Waals surface area contributed by atoms with Gasteiger partial charge in [-0.3, -0.25) is 9.52 Å². The van der Waals surface area contributed by atoms with E-state index < -0.39 is 10.0 Å². The second kappa shape index (κ2) is 6.01. The van der Waals surface area contributed by atoms with Gasteiger partial charge in [0.25, 0.3) is 10.0 Å². The van der Waals surface area contributed by atoms with Gasteiger partial charge in [-0.1, -0.05) is 42.5 Å². The van der Waals surface area contributed by atoms with Gasteiger partial charge >= 0.3 is 0 Å². The van der Waals surface area contributed by atoms with Gasteiger partial charge in [0.1, 0.15) is 5.78 Å². The van der Waals surface area contributed by atoms with Crippen LogP contribution in [0.4, 0.5) is 5.69 Å². The second-order valence-corrected chi connectivity index (χ2v) is 7.96. The van der Waals surface area contributed by atoms with Crippen LogP contribution in [-0.2, 0) is 27.7 Å². The summed E-state index contributed by atoms with van der Waals surface area (Å²) >= 11 is 0. The lowest BCUT2D eigenvalue weighted by Crippen LogP contribution is -2.17. The number of anilines is 1. The van der Waals surface area contributed by atoms with Crippen molar-refractivity contribution in [2.45, 2.75) is 24.2 Å². The van der Waals surface area contributed by atoms with Crippen LogP contribution in [0.2, 0.25) is 0 Å². The van der Waals surface area contributed by atoms with E-state index in [0.29, 0.717) is 24.9 Å². The van der Waals surface area contributed by atoms with Crippen LogP contribution in [0.1, 0.15) is 17.5 Å². The van der Waals surface area contributed by atoms with E-state index in [1.807, 2.05) is 36.4 Å². The molecule has 0 unspecified atom stereocenters. The zero-order chi connectivity index (χ0) is 17.4. The molecular weight excluding hydrogens is 334 g/mol. The molecule has 0 aromatic heterocycles. The Morgan fingerprint density at radius 2 is 1.64 bits per heavy atom.